The molecular formula is C7H16NO3P. The molecule has 0 amide bonds. The lowest BCUT2D eigenvalue weighted by atomic mass is 10.4. The quantitative estimate of drug-likeness (QED) is 0.505. The van der Waals surface area contributed by atoms with Crippen molar-refractivity contribution in [1.29, 1.82) is 0 Å². The van der Waals surface area contributed by atoms with Gasteiger partial charge >= 0.3 is 7.60 Å². The van der Waals surface area contributed by atoms with Gasteiger partial charge in [0.15, 0.2) is 0 Å². The molecule has 1 unspecified atom stereocenters. The summed E-state index contributed by atoms with van der Waals surface area (Å²) in [6.07, 6.45) is 1.30. The van der Waals surface area contributed by atoms with Gasteiger partial charge in [-0.2, -0.15) is 0 Å². The molecule has 0 aliphatic rings. The molecule has 2 N–H and O–H groups in total. The van der Waals surface area contributed by atoms with E-state index in [1.165, 1.54) is 6.08 Å². The second-order valence-corrected chi connectivity index (χ2v) is 4.17. The standard InChI is InChI=1S/C7H16NO3P/c1-4-7(12(9,10)11)8(5-2)6-3/h4,7H,1,5-6H2,2-3H3,(H2,9,10,11). The van der Waals surface area contributed by atoms with Gasteiger partial charge in [0, 0.05) is 0 Å². The smallest absolute Gasteiger partial charge is 0.323 e. The molecular weight excluding hydrogens is 177 g/mol. The summed E-state index contributed by atoms with van der Waals surface area (Å²) in [5.74, 6) is -0.840. The van der Waals surface area contributed by atoms with Crippen LogP contribution in [0.1, 0.15) is 13.8 Å². The highest BCUT2D eigenvalue weighted by atomic mass is 31.2. The molecule has 1 atom stereocenters. The molecule has 0 rings (SSSR count). The van der Waals surface area contributed by atoms with Crippen LogP contribution in [0.5, 0.6) is 0 Å². The van der Waals surface area contributed by atoms with Gasteiger partial charge in [0.05, 0.1) is 0 Å². The summed E-state index contributed by atoms with van der Waals surface area (Å²) in [7, 11) is -4.06. The molecule has 0 radical (unpaired) electrons. The Hall–Kier alpha value is -0.150. The summed E-state index contributed by atoms with van der Waals surface area (Å²) in [4.78, 5) is 19.5. The van der Waals surface area contributed by atoms with E-state index in [2.05, 4.69) is 6.58 Å². The largest absolute Gasteiger partial charge is 0.346 e. The summed E-state index contributed by atoms with van der Waals surface area (Å²) >= 11 is 0. The van der Waals surface area contributed by atoms with Gasteiger partial charge in [-0.1, -0.05) is 19.9 Å². The SMILES string of the molecule is C=CC(N(CC)CC)P(=O)(O)O. The van der Waals surface area contributed by atoms with Crippen LogP contribution in [-0.2, 0) is 4.57 Å². The maximum absolute atomic E-state index is 10.9. The fourth-order valence-corrected chi connectivity index (χ4v) is 2.12. The van der Waals surface area contributed by atoms with Crippen molar-refractivity contribution in [2.24, 2.45) is 0 Å². The molecule has 0 bridgehead atoms. The van der Waals surface area contributed by atoms with Gasteiger partial charge in [-0.05, 0) is 13.1 Å². The van der Waals surface area contributed by atoms with Gasteiger partial charge in [-0.25, -0.2) is 0 Å². The monoisotopic (exact) mass is 193 g/mol. The maximum atomic E-state index is 10.9. The summed E-state index contributed by atoms with van der Waals surface area (Å²) < 4.78 is 10.9. The van der Waals surface area contributed by atoms with Crippen LogP contribution in [0.15, 0.2) is 12.7 Å². The van der Waals surface area contributed by atoms with Crippen LogP contribution in [0.25, 0.3) is 0 Å². The Labute approximate surface area is 73.1 Å². The zero-order chi connectivity index (χ0) is 9.78. The van der Waals surface area contributed by atoms with E-state index in [1.807, 2.05) is 13.8 Å². The molecule has 0 heterocycles. The van der Waals surface area contributed by atoms with Crippen LogP contribution in [0.2, 0.25) is 0 Å². The third kappa shape index (κ3) is 3.07. The minimum absolute atomic E-state index is 0.609. The second-order valence-electron chi connectivity index (χ2n) is 2.46. The van der Waals surface area contributed by atoms with Crippen LogP contribution < -0.4 is 0 Å². The molecule has 0 fully saturated rings. The summed E-state index contributed by atoms with van der Waals surface area (Å²) in [6, 6.07) is 0. The molecule has 0 aromatic rings. The maximum Gasteiger partial charge on any atom is 0.346 e. The highest BCUT2D eigenvalue weighted by Gasteiger charge is 2.29. The van der Waals surface area contributed by atoms with Gasteiger partial charge in [0.1, 0.15) is 5.78 Å². The lowest BCUT2D eigenvalue weighted by molar-refractivity contribution is 0.258. The molecule has 72 valence electrons. The lowest BCUT2D eigenvalue weighted by Gasteiger charge is -2.27. The summed E-state index contributed by atoms with van der Waals surface area (Å²) in [5.41, 5.74) is 0. The molecule has 12 heavy (non-hydrogen) atoms. The first kappa shape index (κ1) is 11.8. The Morgan fingerprint density at radius 2 is 1.92 bits per heavy atom. The van der Waals surface area contributed by atoms with Crippen molar-refractivity contribution in [3.63, 3.8) is 0 Å². The molecule has 0 saturated carbocycles. The first-order chi connectivity index (χ1) is 5.47. The van der Waals surface area contributed by atoms with Gasteiger partial charge < -0.3 is 9.79 Å². The van der Waals surface area contributed by atoms with Crippen molar-refractivity contribution in [2.75, 3.05) is 13.1 Å². The molecule has 0 saturated heterocycles. The van der Waals surface area contributed by atoms with Crippen molar-refractivity contribution in [1.82, 2.24) is 4.90 Å². The Bertz CT molecular complexity index is 185. The lowest BCUT2D eigenvalue weighted by Crippen LogP contribution is -2.33. The highest BCUT2D eigenvalue weighted by molar-refractivity contribution is 7.52. The molecule has 5 heteroatoms. The summed E-state index contributed by atoms with van der Waals surface area (Å²) in [6.45, 7) is 8.34. The van der Waals surface area contributed by atoms with Gasteiger partial charge in [0.25, 0.3) is 0 Å². The van der Waals surface area contributed by atoms with E-state index < -0.39 is 13.4 Å². The van der Waals surface area contributed by atoms with Crippen LogP contribution in [0.4, 0.5) is 0 Å². The average Bonchev–Trinajstić information content (AvgIpc) is 1.97. The minimum atomic E-state index is -4.06. The van der Waals surface area contributed by atoms with E-state index in [0.717, 1.165) is 0 Å². The third-order valence-corrected chi connectivity index (χ3v) is 2.97. The van der Waals surface area contributed by atoms with E-state index in [9.17, 15) is 4.57 Å². The third-order valence-electron chi connectivity index (χ3n) is 1.74. The van der Waals surface area contributed by atoms with Gasteiger partial charge in [-0.3, -0.25) is 9.46 Å². The highest BCUT2D eigenvalue weighted by Crippen LogP contribution is 2.43. The van der Waals surface area contributed by atoms with E-state index >= 15 is 0 Å². The molecule has 0 aromatic carbocycles. The Kier molecular flexibility index (Phi) is 4.71. The Morgan fingerprint density at radius 1 is 1.50 bits per heavy atom. The molecule has 0 spiro atoms. The van der Waals surface area contributed by atoms with Crippen LogP contribution >= 0.6 is 7.60 Å². The normalized spacial score (nSPS) is 14.8. The first-order valence-corrected chi connectivity index (χ1v) is 5.57. The number of likely N-dealkylation sites (N-methyl/N-ethyl adjacent to an activating group) is 1. The second kappa shape index (κ2) is 4.77. The van der Waals surface area contributed by atoms with E-state index in [4.69, 9.17) is 9.79 Å². The van der Waals surface area contributed by atoms with Gasteiger partial charge in [0.2, 0.25) is 0 Å². The van der Waals surface area contributed by atoms with Gasteiger partial charge in [-0.15, -0.1) is 6.58 Å². The fourth-order valence-electron chi connectivity index (χ4n) is 1.10. The van der Waals surface area contributed by atoms with Crippen molar-refractivity contribution in [3.8, 4) is 0 Å². The fraction of sp³-hybridized carbons (Fsp3) is 0.714. The van der Waals surface area contributed by atoms with Crippen molar-refractivity contribution < 1.29 is 14.4 Å². The van der Waals surface area contributed by atoms with Crippen molar-refractivity contribution >= 4 is 7.60 Å². The van der Waals surface area contributed by atoms with E-state index in [0.29, 0.717) is 13.1 Å². The number of rotatable bonds is 5. The predicted molar refractivity (Wildman–Crippen MR) is 49.0 cm³/mol. The molecule has 4 nitrogen and oxygen atoms in total. The Balaban J connectivity index is 4.53. The molecule has 0 aromatic heterocycles. The van der Waals surface area contributed by atoms with Crippen molar-refractivity contribution in [2.45, 2.75) is 19.6 Å². The molecule has 0 aliphatic heterocycles. The van der Waals surface area contributed by atoms with Crippen molar-refractivity contribution in [3.05, 3.63) is 12.7 Å². The minimum Gasteiger partial charge on any atom is -0.323 e. The number of hydrogen-bond donors (Lipinski definition) is 2. The topological polar surface area (TPSA) is 60.8 Å². The predicted octanol–water partition coefficient (Wildman–Crippen LogP) is 1.02. The Morgan fingerprint density at radius 3 is 2.00 bits per heavy atom. The zero-order valence-corrected chi connectivity index (χ0v) is 8.37. The van der Waals surface area contributed by atoms with E-state index in [-0.39, 0.29) is 0 Å². The molecule has 0 aliphatic carbocycles. The summed E-state index contributed by atoms with van der Waals surface area (Å²) in [5, 5.41) is 0. The first-order valence-electron chi connectivity index (χ1n) is 3.89. The van der Waals surface area contributed by atoms with Crippen LogP contribution in [0, 0.1) is 0 Å². The average molecular weight is 193 g/mol. The number of hydrogen-bond acceptors (Lipinski definition) is 2. The van der Waals surface area contributed by atoms with Crippen LogP contribution in [0.3, 0.4) is 0 Å². The number of nitrogens with zero attached hydrogens (tertiary/aromatic N) is 1. The zero-order valence-electron chi connectivity index (χ0n) is 7.47. The van der Waals surface area contributed by atoms with E-state index in [1.54, 1.807) is 4.90 Å². The van der Waals surface area contributed by atoms with Crippen LogP contribution in [-0.4, -0.2) is 33.6 Å².